The number of rotatable bonds is 4. The van der Waals surface area contributed by atoms with Crippen LogP contribution in [0.3, 0.4) is 0 Å². The van der Waals surface area contributed by atoms with Crippen molar-refractivity contribution in [2.24, 2.45) is 11.7 Å². The zero-order chi connectivity index (χ0) is 12.5. The first kappa shape index (κ1) is 12.5. The van der Waals surface area contributed by atoms with Crippen molar-refractivity contribution in [3.8, 4) is 0 Å². The fourth-order valence-corrected chi connectivity index (χ4v) is 2.52. The first-order chi connectivity index (χ1) is 7.98. The van der Waals surface area contributed by atoms with Crippen LogP contribution in [0, 0.1) is 5.92 Å². The standard InChI is InChI=1S/C12H22N4O/c1-9(2)7-16-11(14-8-15-16)6-12(17)4-3-10(13)5-12/h8-10,17H,3-7,13H2,1-2H3. The summed E-state index contributed by atoms with van der Waals surface area (Å²) in [6.07, 6.45) is 4.46. The molecule has 0 radical (unpaired) electrons. The van der Waals surface area contributed by atoms with E-state index < -0.39 is 5.60 Å². The summed E-state index contributed by atoms with van der Waals surface area (Å²) < 4.78 is 1.90. The topological polar surface area (TPSA) is 77.0 Å². The first-order valence-electron chi connectivity index (χ1n) is 6.33. The quantitative estimate of drug-likeness (QED) is 0.810. The largest absolute Gasteiger partial charge is 0.389 e. The highest BCUT2D eigenvalue weighted by Crippen LogP contribution is 2.31. The fraction of sp³-hybridized carbons (Fsp3) is 0.833. The van der Waals surface area contributed by atoms with Crippen molar-refractivity contribution in [1.29, 1.82) is 0 Å². The van der Waals surface area contributed by atoms with Crippen molar-refractivity contribution >= 4 is 0 Å². The maximum absolute atomic E-state index is 10.4. The summed E-state index contributed by atoms with van der Waals surface area (Å²) >= 11 is 0. The summed E-state index contributed by atoms with van der Waals surface area (Å²) in [6.45, 7) is 5.13. The van der Waals surface area contributed by atoms with Crippen molar-refractivity contribution in [1.82, 2.24) is 14.8 Å². The van der Waals surface area contributed by atoms with Crippen LogP contribution >= 0.6 is 0 Å². The summed E-state index contributed by atoms with van der Waals surface area (Å²) in [4.78, 5) is 4.25. The summed E-state index contributed by atoms with van der Waals surface area (Å²) in [5, 5.41) is 14.6. The third-order valence-electron chi connectivity index (χ3n) is 3.34. The van der Waals surface area contributed by atoms with Crippen LogP contribution in [0.25, 0.3) is 0 Å². The van der Waals surface area contributed by atoms with E-state index in [0.29, 0.717) is 18.8 Å². The average Bonchev–Trinajstić information content (AvgIpc) is 2.75. The molecule has 2 atom stereocenters. The molecule has 3 N–H and O–H groups in total. The molecule has 0 aliphatic heterocycles. The van der Waals surface area contributed by atoms with E-state index in [1.165, 1.54) is 0 Å². The fourth-order valence-electron chi connectivity index (χ4n) is 2.52. The molecule has 0 aromatic carbocycles. The van der Waals surface area contributed by atoms with Crippen molar-refractivity contribution < 1.29 is 5.11 Å². The van der Waals surface area contributed by atoms with Crippen LogP contribution in [0.15, 0.2) is 6.33 Å². The van der Waals surface area contributed by atoms with Gasteiger partial charge < -0.3 is 10.8 Å². The molecule has 0 saturated heterocycles. The smallest absolute Gasteiger partial charge is 0.138 e. The van der Waals surface area contributed by atoms with Crippen LogP contribution < -0.4 is 5.73 Å². The summed E-state index contributed by atoms with van der Waals surface area (Å²) in [7, 11) is 0. The zero-order valence-electron chi connectivity index (χ0n) is 10.6. The second kappa shape index (κ2) is 4.74. The van der Waals surface area contributed by atoms with Crippen LogP contribution in [-0.4, -0.2) is 31.5 Å². The number of aromatic nitrogens is 3. The minimum atomic E-state index is -0.679. The van der Waals surface area contributed by atoms with Gasteiger partial charge in [-0.3, -0.25) is 0 Å². The Labute approximate surface area is 102 Å². The summed E-state index contributed by atoms with van der Waals surface area (Å²) in [5.74, 6) is 1.39. The molecule has 17 heavy (non-hydrogen) atoms. The normalized spacial score (nSPS) is 29.1. The van der Waals surface area contributed by atoms with E-state index in [4.69, 9.17) is 5.73 Å². The Balaban J connectivity index is 2.06. The minimum absolute atomic E-state index is 0.126. The molecule has 1 aliphatic carbocycles. The molecule has 2 rings (SSSR count). The third kappa shape index (κ3) is 3.04. The molecule has 96 valence electrons. The van der Waals surface area contributed by atoms with E-state index in [1.54, 1.807) is 6.33 Å². The van der Waals surface area contributed by atoms with E-state index in [1.807, 2.05) is 4.68 Å². The molecule has 1 aliphatic rings. The summed E-state index contributed by atoms with van der Waals surface area (Å²) in [6, 6.07) is 0.126. The molecule has 5 heteroatoms. The van der Waals surface area contributed by atoms with Gasteiger partial charge >= 0.3 is 0 Å². The van der Waals surface area contributed by atoms with Crippen molar-refractivity contribution in [3.05, 3.63) is 12.2 Å². The molecule has 2 unspecified atom stereocenters. The second-order valence-electron chi connectivity index (χ2n) is 5.66. The lowest BCUT2D eigenvalue weighted by molar-refractivity contribution is 0.0435. The van der Waals surface area contributed by atoms with Crippen LogP contribution in [0.5, 0.6) is 0 Å². The number of hydrogen-bond donors (Lipinski definition) is 2. The van der Waals surface area contributed by atoms with E-state index in [2.05, 4.69) is 23.9 Å². The zero-order valence-corrected chi connectivity index (χ0v) is 10.6. The predicted octanol–water partition coefficient (Wildman–Crippen LogP) is 0.719. The Morgan fingerprint density at radius 2 is 2.41 bits per heavy atom. The monoisotopic (exact) mass is 238 g/mol. The third-order valence-corrected chi connectivity index (χ3v) is 3.34. The Morgan fingerprint density at radius 1 is 1.65 bits per heavy atom. The molecule has 1 aromatic rings. The lowest BCUT2D eigenvalue weighted by atomic mass is 9.97. The Morgan fingerprint density at radius 3 is 3.00 bits per heavy atom. The minimum Gasteiger partial charge on any atom is -0.389 e. The van der Waals surface area contributed by atoms with Gasteiger partial charge in [0.2, 0.25) is 0 Å². The van der Waals surface area contributed by atoms with Gasteiger partial charge in [-0.1, -0.05) is 13.8 Å². The lowest BCUT2D eigenvalue weighted by Gasteiger charge is -2.22. The first-order valence-corrected chi connectivity index (χ1v) is 6.33. The maximum atomic E-state index is 10.4. The number of aliphatic hydroxyl groups is 1. The van der Waals surface area contributed by atoms with E-state index in [0.717, 1.165) is 25.2 Å². The van der Waals surface area contributed by atoms with Gasteiger partial charge in [-0.15, -0.1) is 0 Å². The van der Waals surface area contributed by atoms with E-state index in [-0.39, 0.29) is 6.04 Å². The molecule has 1 fully saturated rings. The molecule has 1 heterocycles. The van der Waals surface area contributed by atoms with Crippen LogP contribution in [0.4, 0.5) is 0 Å². The van der Waals surface area contributed by atoms with Crippen molar-refractivity contribution in [2.75, 3.05) is 0 Å². The van der Waals surface area contributed by atoms with Gasteiger partial charge in [-0.05, 0) is 25.2 Å². The molecule has 5 nitrogen and oxygen atoms in total. The van der Waals surface area contributed by atoms with Crippen molar-refractivity contribution in [2.45, 2.75) is 57.7 Å². The summed E-state index contributed by atoms with van der Waals surface area (Å²) in [5.41, 5.74) is 5.18. The maximum Gasteiger partial charge on any atom is 0.138 e. The van der Waals surface area contributed by atoms with Crippen LogP contribution in [0.2, 0.25) is 0 Å². The second-order valence-corrected chi connectivity index (χ2v) is 5.66. The Hall–Kier alpha value is -0.940. The van der Waals surface area contributed by atoms with Crippen LogP contribution in [0.1, 0.15) is 38.9 Å². The SMILES string of the molecule is CC(C)Cn1ncnc1CC1(O)CCC(N)C1. The van der Waals surface area contributed by atoms with Crippen LogP contribution in [-0.2, 0) is 13.0 Å². The molecular weight excluding hydrogens is 216 g/mol. The molecular formula is C12H22N4O. The molecule has 0 spiro atoms. The highest BCUT2D eigenvalue weighted by atomic mass is 16.3. The van der Waals surface area contributed by atoms with Gasteiger partial charge in [0.15, 0.2) is 0 Å². The van der Waals surface area contributed by atoms with Gasteiger partial charge in [0.25, 0.3) is 0 Å². The van der Waals surface area contributed by atoms with Crippen molar-refractivity contribution in [3.63, 3.8) is 0 Å². The Kier molecular flexibility index (Phi) is 3.49. The number of hydrogen-bond acceptors (Lipinski definition) is 4. The predicted molar refractivity (Wildman–Crippen MR) is 65.3 cm³/mol. The van der Waals surface area contributed by atoms with Gasteiger partial charge in [0.1, 0.15) is 12.2 Å². The molecule has 0 bridgehead atoms. The van der Waals surface area contributed by atoms with E-state index >= 15 is 0 Å². The van der Waals surface area contributed by atoms with Gasteiger partial charge in [-0.25, -0.2) is 9.67 Å². The Bertz CT molecular complexity index is 376. The average molecular weight is 238 g/mol. The van der Waals surface area contributed by atoms with Gasteiger partial charge in [0, 0.05) is 19.0 Å². The molecule has 0 amide bonds. The highest BCUT2D eigenvalue weighted by Gasteiger charge is 2.37. The number of nitrogens with two attached hydrogens (primary N) is 1. The van der Waals surface area contributed by atoms with E-state index in [9.17, 15) is 5.11 Å². The van der Waals surface area contributed by atoms with Gasteiger partial charge in [0.05, 0.1) is 5.60 Å². The lowest BCUT2D eigenvalue weighted by Crippen LogP contribution is -2.32. The van der Waals surface area contributed by atoms with Gasteiger partial charge in [-0.2, -0.15) is 5.10 Å². The number of nitrogens with zero attached hydrogens (tertiary/aromatic N) is 3. The molecule has 1 aromatic heterocycles. The molecule has 1 saturated carbocycles. The highest BCUT2D eigenvalue weighted by molar-refractivity contribution is 5.00.